The Labute approximate surface area is 241 Å². The van der Waals surface area contributed by atoms with Gasteiger partial charge in [0.2, 0.25) is 5.91 Å². The summed E-state index contributed by atoms with van der Waals surface area (Å²) in [5, 5.41) is 6.13. The highest BCUT2D eigenvalue weighted by atomic mass is 16.5. The molecule has 41 heavy (non-hydrogen) atoms. The van der Waals surface area contributed by atoms with Crippen LogP contribution in [0.15, 0.2) is 54.6 Å². The van der Waals surface area contributed by atoms with Crippen LogP contribution in [0.1, 0.15) is 66.9 Å². The van der Waals surface area contributed by atoms with Crippen molar-refractivity contribution in [3.05, 3.63) is 71.7 Å². The number of nitrogen functional groups attached to an aromatic ring is 1. The molecular weight excluding hydrogens is 516 g/mol. The molecule has 9 heteroatoms. The highest BCUT2D eigenvalue weighted by molar-refractivity contribution is 5.95. The summed E-state index contributed by atoms with van der Waals surface area (Å²) in [6, 6.07) is 16.7. The minimum atomic E-state index is -0.349. The van der Waals surface area contributed by atoms with Gasteiger partial charge in [0.05, 0.1) is 18.3 Å². The predicted molar refractivity (Wildman–Crippen MR) is 160 cm³/mol. The lowest BCUT2D eigenvalue weighted by molar-refractivity contribution is -0.122. The second kappa shape index (κ2) is 12.7. The number of aromatic nitrogens is 2. The summed E-state index contributed by atoms with van der Waals surface area (Å²) in [6.45, 7) is 4.74. The largest absolute Gasteiger partial charge is 0.399 e. The summed E-state index contributed by atoms with van der Waals surface area (Å²) >= 11 is 0. The van der Waals surface area contributed by atoms with E-state index in [2.05, 4.69) is 20.5 Å². The number of ether oxygens (including phenoxy) is 1. The van der Waals surface area contributed by atoms with E-state index in [1.54, 1.807) is 7.11 Å². The smallest absolute Gasteiger partial charge is 0.251 e. The van der Waals surface area contributed by atoms with Gasteiger partial charge in [0, 0.05) is 37.0 Å². The molecule has 5 rings (SSSR count). The number of benzene rings is 2. The van der Waals surface area contributed by atoms with Crippen molar-refractivity contribution in [2.75, 3.05) is 30.9 Å². The number of hydrogen-bond acceptors (Lipinski definition) is 7. The van der Waals surface area contributed by atoms with E-state index < -0.39 is 0 Å². The number of carbonyl (C=O) groups is 2. The number of nitrogens with one attached hydrogen (secondary N) is 2. The van der Waals surface area contributed by atoms with Crippen LogP contribution in [0.25, 0.3) is 11.1 Å². The average Bonchev–Trinajstić information content (AvgIpc) is 3.37. The number of nitrogens with two attached hydrogens (primary N) is 1. The summed E-state index contributed by atoms with van der Waals surface area (Å²) in [4.78, 5) is 38.1. The maximum Gasteiger partial charge on any atom is 0.251 e. The van der Waals surface area contributed by atoms with Crippen molar-refractivity contribution < 1.29 is 14.3 Å². The third kappa shape index (κ3) is 6.51. The highest BCUT2D eigenvalue weighted by Gasteiger charge is 2.45. The molecule has 2 amide bonds. The number of nitrogens with zero attached hydrogens (tertiary/aromatic N) is 3. The number of fused-ring (bicyclic) bond motifs is 1. The summed E-state index contributed by atoms with van der Waals surface area (Å²) in [5.74, 6) is 1.67. The normalized spacial score (nSPS) is 20.8. The predicted octanol–water partition coefficient (Wildman–Crippen LogP) is 4.43. The lowest BCUT2D eigenvalue weighted by Crippen LogP contribution is -2.48. The monoisotopic (exact) mass is 556 g/mol. The topological polar surface area (TPSA) is 122 Å². The zero-order valence-electron chi connectivity index (χ0n) is 24.1. The van der Waals surface area contributed by atoms with Crippen molar-refractivity contribution in [2.24, 2.45) is 5.92 Å². The molecule has 1 saturated carbocycles. The summed E-state index contributed by atoms with van der Waals surface area (Å²) in [7, 11) is 1.63. The molecule has 3 aromatic rings. The van der Waals surface area contributed by atoms with Crippen LogP contribution >= 0.6 is 0 Å². The van der Waals surface area contributed by atoms with Crippen LogP contribution in [0, 0.1) is 12.8 Å². The Balaban J connectivity index is 1.33. The molecule has 1 aromatic heterocycles. The van der Waals surface area contributed by atoms with E-state index in [-0.39, 0.29) is 29.9 Å². The van der Waals surface area contributed by atoms with Crippen molar-refractivity contribution in [1.82, 2.24) is 20.6 Å². The van der Waals surface area contributed by atoms with Crippen LogP contribution in [0.3, 0.4) is 0 Å². The Kier molecular flexibility index (Phi) is 8.83. The van der Waals surface area contributed by atoms with Gasteiger partial charge in [-0.25, -0.2) is 9.97 Å². The number of rotatable bonds is 9. The Morgan fingerprint density at radius 3 is 2.44 bits per heavy atom. The zero-order valence-corrected chi connectivity index (χ0v) is 24.1. The van der Waals surface area contributed by atoms with Gasteiger partial charge < -0.3 is 26.0 Å². The van der Waals surface area contributed by atoms with Gasteiger partial charge in [0.15, 0.2) is 0 Å². The van der Waals surface area contributed by atoms with Gasteiger partial charge in [-0.3, -0.25) is 9.59 Å². The molecule has 0 unspecified atom stereocenters. The Bertz CT molecular complexity index is 1360. The minimum Gasteiger partial charge on any atom is -0.399 e. The van der Waals surface area contributed by atoms with Crippen LogP contribution in [0.2, 0.25) is 0 Å². The standard InChI is InChI=1S/C32H40N6O3/c1-20(35-31(39)24-10-8-22(9-11-24)23-12-14-26(33)15-13-23)27-19-30(37-21(2)36-27)38-28-7-5-4-6-25(28)18-29(38)32(40)34-16-17-41-3/h8-15,19-20,25,28-29H,4-7,16-18,33H2,1-3H3,(H,34,40)(H,35,39)/t20-,25-,28-,29-/m0/s1. The number of carbonyl (C=O) groups excluding carboxylic acids is 2. The fraction of sp³-hybridized carbons (Fsp3) is 0.438. The first-order valence-corrected chi connectivity index (χ1v) is 14.5. The van der Waals surface area contributed by atoms with Gasteiger partial charge in [-0.1, -0.05) is 37.1 Å². The molecule has 0 bridgehead atoms. The van der Waals surface area contributed by atoms with Crippen LogP contribution in [-0.4, -0.2) is 54.1 Å². The van der Waals surface area contributed by atoms with Crippen LogP contribution in [0.4, 0.5) is 11.5 Å². The molecule has 2 aliphatic rings. The third-order valence-corrected chi connectivity index (χ3v) is 8.29. The van der Waals surface area contributed by atoms with Gasteiger partial charge in [-0.2, -0.15) is 0 Å². The lowest BCUT2D eigenvalue weighted by Gasteiger charge is -2.35. The minimum absolute atomic E-state index is 0.0121. The van der Waals surface area contributed by atoms with Gasteiger partial charge >= 0.3 is 0 Å². The molecule has 4 atom stereocenters. The van der Waals surface area contributed by atoms with Crippen molar-refractivity contribution in [2.45, 2.75) is 64.1 Å². The number of hydrogen-bond donors (Lipinski definition) is 3. The first kappa shape index (κ1) is 28.5. The zero-order chi connectivity index (χ0) is 28.9. The Morgan fingerprint density at radius 1 is 1.05 bits per heavy atom. The maximum absolute atomic E-state index is 13.3. The van der Waals surface area contributed by atoms with Gasteiger partial charge in [0.1, 0.15) is 17.7 Å². The quantitative estimate of drug-likeness (QED) is 0.263. The molecule has 1 aliphatic heterocycles. The summed E-state index contributed by atoms with van der Waals surface area (Å²) in [6.07, 6.45) is 5.34. The Morgan fingerprint density at radius 2 is 1.73 bits per heavy atom. The fourth-order valence-electron chi connectivity index (χ4n) is 6.19. The Hall–Kier alpha value is -3.98. The number of methoxy groups -OCH3 is 1. The number of amides is 2. The highest BCUT2D eigenvalue weighted by Crippen LogP contribution is 2.42. The summed E-state index contributed by atoms with van der Waals surface area (Å²) in [5.41, 5.74) is 9.85. The first-order chi connectivity index (χ1) is 19.8. The van der Waals surface area contributed by atoms with Crippen molar-refractivity contribution in [3.8, 4) is 11.1 Å². The SMILES string of the molecule is COCCNC(=O)[C@@H]1C[C@@H]2CCCC[C@@H]2N1c1cc([C@H](C)NC(=O)c2ccc(-c3ccc(N)cc3)cc2)nc(C)n1. The molecule has 4 N–H and O–H groups in total. The van der Waals surface area contributed by atoms with E-state index in [1.807, 2.05) is 68.4 Å². The molecular formula is C32H40N6O3. The summed E-state index contributed by atoms with van der Waals surface area (Å²) < 4.78 is 5.12. The number of anilines is 2. The van der Waals surface area contributed by atoms with E-state index >= 15 is 0 Å². The second-order valence-corrected chi connectivity index (χ2v) is 11.1. The van der Waals surface area contributed by atoms with Gasteiger partial charge in [-0.05, 0) is 74.4 Å². The van der Waals surface area contributed by atoms with E-state index in [0.29, 0.717) is 36.1 Å². The second-order valence-electron chi connectivity index (χ2n) is 11.1. The molecule has 0 radical (unpaired) electrons. The van der Waals surface area contributed by atoms with Crippen molar-refractivity contribution >= 4 is 23.3 Å². The van der Waals surface area contributed by atoms with Crippen LogP contribution in [-0.2, 0) is 9.53 Å². The van der Waals surface area contributed by atoms with Crippen molar-refractivity contribution in [1.29, 1.82) is 0 Å². The van der Waals surface area contributed by atoms with Crippen molar-refractivity contribution in [3.63, 3.8) is 0 Å². The van der Waals surface area contributed by atoms with Crippen LogP contribution < -0.4 is 21.3 Å². The van der Waals surface area contributed by atoms with E-state index in [9.17, 15) is 9.59 Å². The molecule has 0 spiro atoms. The number of aryl methyl sites for hydroxylation is 1. The first-order valence-electron chi connectivity index (χ1n) is 14.5. The van der Waals surface area contributed by atoms with E-state index in [4.69, 9.17) is 15.5 Å². The molecule has 2 aromatic carbocycles. The lowest BCUT2D eigenvalue weighted by atomic mass is 9.84. The van der Waals surface area contributed by atoms with E-state index in [0.717, 1.165) is 48.3 Å². The van der Waals surface area contributed by atoms with Gasteiger partial charge in [0.25, 0.3) is 5.91 Å². The molecule has 2 fully saturated rings. The fourth-order valence-corrected chi connectivity index (χ4v) is 6.19. The third-order valence-electron chi connectivity index (χ3n) is 8.29. The maximum atomic E-state index is 13.3. The molecule has 1 aliphatic carbocycles. The van der Waals surface area contributed by atoms with Crippen LogP contribution in [0.5, 0.6) is 0 Å². The molecule has 216 valence electrons. The van der Waals surface area contributed by atoms with E-state index in [1.165, 1.54) is 6.42 Å². The van der Waals surface area contributed by atoms with Gasteiger partial charge in [-0.15, -0.1) is 0 Å². The molecule has 9 nitrogen and oxygen atoms in total. The average molecular weight is 557 g/mol. The molecule has 2 heterocycles. The molecule has 1 saturated heterocycles.